The second-order valence-corrected chi connectivity index (χ2v) is 10.3. The smallest absolute Gasteiger partial charge is 0.257 e. The van der Waals surface area contributed by atoms with Crippen LogP contribution >= 0.6 is 23.4 Å². The van der Waals surface area contributed by atoms with Crippen LogP contribution in [0.3, 0.4) is 0 Å². The number of carbonyl (C=O) groups excluding carboxylic acids is 2. The number of benzene rings is 1. The predicted octanol–water partition coefficient (Wildman–Crippen LogP) is 3.91. The second kappa shape index (κ2) is 9.68. The van der Waals surface area contributed by atoms with Crippen LogP contribution in [0.15, 0.2) is 87.7 Å². The molecular formula is C26H24ClN3O3S. The fraction of sp³-hybridized carbons (Fsp3) is 0.269. The average Bonchev–Trinajstić information content (AvgIpc) is 3.46. The van der Waals surface area contributed by atoms with Gasteiger partial charge in [0, 0.05) is 51.8 Å². The summed E-state index contributed by atoms with van der Waals surface area (Å²) in [6, 6.07) is 11.6. The van der Waals surface area contributed by atoms with Crippen molar-refractivity contribution in [2.24, 2.45) is 5.92 Å². The van der Waals surface area contributed by atoms with Crippen LogP contribution in [0.1, 0.15) is 29.6 Å². The lowest BCUT2D eigenvalue weighted by atomic mass is 10.00. The molecule has 2 amide bonds. The molecule has 2 aliphatic carbocycles. The molecule has 4 atom stereocenters. The maximum absolute atomic E-state index is 12.9. The standard InChI is InChI=1S/C26H24ClN3O3S/c27-18-9-12-22-17(14-18)15-23(34-22)26(33)29-21-5-3-4-20(21)28-25(32)16-7-10-19(11-8-16)30-13-2-1-6-24(30)31/h1-2,6-15,17,20-22H,3-5H2,(H,28,32)(H,29,33)/t17?,20-,21+,22?/m0/s1. The van der Waals surface area contributed by atoms with Gasteiger partial charge in [0.15, 0.2) is 0 Å². The molecule has 2 aromatic rings. The van der Waals surface area contributed by atoms with Gasteiger partial charge < -0.3 is 10.6 Å². The highest BCUT2D eigenvalue weighted by Crippen LogP contribution is 2.41. The molecule has 6 nitrogen and oxygen atoms in total. The van der Waals surface area contributed by atoms with Gasteiger partial charge in [0.05, 0.1) is 4.91 Å². The van der Waals surface area contributed by atoms with Crippen LogP contribution in [-0.4, -0.2) is 33.7 Å². The number of carbonyl (C=O) groups is 2. The predicted molar refractivity (Wildman–Crippen MR) is 135 cm³/mol. The van der Waals surface area contributed by atoms with E-state index in [4.69, 9.17) is 11.6 Å². The Hall–Kier alpha value is -3.03. The number of thioether (sulfide) groups is 1. The van der Waals surface area contributed by atoms with Crippen molar-refractivity contribution in [3.8, 4) is 5.69 Å². The van der Waals surface area contributed by atoms with Crippen LogP contribution in [0.5, 0.6) is 0 Å². The molecule has 174 valence electrons. The Labute approximate surface area is 206 Å². The maximum Gasteiger partial charge on any atom is 0.257 e. The van der Waals surface area contributed by atoms with Gasteiger partial charge in [0.2, 0.25) is 0 Å². The Kier molecular flexibility index (Phi) is 6.48. The number of nitrogens with zero attached hydrogens (tertiary/aromatic N) is 1. The number of amides is 2. The van der Waals surface area contributed by atoms with Crippen molar-refractivity contribution >= 4 is 35.2 Å². The quantitative estimate of drug-likeness (QED) is 0.661. The number of allylic oxidation sites excluding steroid dienone is 4. The number of hydrogen-bond acceptors (Lipinski definition) is 4. The number of aromatic nitrogens is 1. The van der Waals surface area contributed by atoms with Crippen molar-refractivity contribution < 1.29 is 9.59 Å². The summed E-state index contributed by atoms with van der Waals surface area (Å²) >= 11 is 7.64. The summed E-state index contributed by atoms with van der Waals surface area (Å²) < 4.78 is 1.52. The zero-order valence-electron chi connectivity index (χ0n) is 18.3. The topological polar surface area (TPSA) is 80.2 Å². The highest BCUT2D eigenvalue weighted by molar-refractivity contribution is 8.05. The lowest BCUT2D eigenvalue weighted by molar-refractivity contribution is -0.117. The normalized spacial score (nSPS) is 25.3. The lowest BCUT2D eigenvalue weighted by Gasteiger charge is -2.22. The van der Waals surface area contributed by atoms with Crippen LogP contribution in [0, 0.1) is 5.92 Å². The third-order valence-electron chi connectivity index (χ3n) is 6.39. The van der Waals surface area contributed by atoms with Gasteiger partial charge >= 0.3 is 0 Å². The molecule has 34 heavy (non-hydrogen) atoms. The Morgan fingerprint density at radius 2 is 1.71 bits per heavy atom. The van der Waals surface area contributed by atoms with E-state index in [1.165, 1.54) is 10.6 Å². The average molecular weight is 494 g/mol. The van der Waals surface area contributed by atoms with Crippen molar-refractivity contribution in [2.45, 2.75) is 36.6 Å². The maximum atomic E-state index is 12.9. The summed E-state index contributed by atoms with van der Waals surface area (Å²) in [6.45, 7) is 0. The summed E-state index contributed by atoms with van der Waals surface area (Å²) in [5, 5.41) is 7.11. The highest BCUT2D eigenvalue weighted by atomic mass is 35.5. The van der Waals surface area contributed by atoms with Gasteiger partial charge in [-0.25, -0.2) is 0 Å². The Morgan fingerprint density at radius 3 is 2.44 bits per heavy atom. The SMILES string of the molecule is O=C(N[C@@H]1CCC[C@@H]1NC(=O)c1ccc(-n2ccccc2=O)cc1)C1=CC2C=C(Cl)C=CC2S1. The molecule has 1 aromatic carbocycles. The second-order valence-electron chi connectivity index (χ2n) is 8.65. The summed E-state index contributed by atoms with van der Waals surface area (Å²) in [5.41, 5.74) is 1.08. The highest BCUT2D eigenvalue weighted by Gasteiger charge is 2.34. The number of nitrogens with one attached hydrogen (secondary N) is 2. The number of fused-ring (bicyclic) bond motifs is 1. The van der Waals surface area contributed by atoms with Gasteiger partial charge in [0.1, 0.15) is 0 Å². The van der Waals surface area contributed by atoms with Crippen molar-refractivity contribution in [1.82, 2.24) is 15.2 Å². The molecule has 3 aliphatic rings. The monoisotopic (exact) mass is 493 g/mol. The molecule has 1 aromatic heterocycles. The molecule has 2 N–H and O–H groups in total. The summed E-state index contributed by atoms with van der Waals surface area (Å²) in [7, 11) is 0. The first-order valence-corrected chi connectivity index (χ1v) is 12.6. The molecular weight excluding hydrogens is 470 g/mol. The van der Waals surface area contributed by atoms with Gasteiger partial charge in [0.25, 0.3) is 17.4 Å². The lowest BCUT2D eigenvalue weighted by Crippen LogP contribution is -2.48. The summed E-state index contributed by atoms with van der Waals surface area (Å²) in [4.78, 5) is 38.5. The van der Waals surface area contributed by atoms with Gasteiger partial charge in [-0.1, -0.05) is 35.9 Å². The van der Waals surface area contributed by atoms with Crippen LogP contribution < -0.4 is 16.2 Å². The minimum absolute atomic E-state index is 0.0962. The first kappa shape index (κ1) is 22.7. The van der Waals surface area contributed by atoms with Gasteiger partial charge in [-0.2, -0.15) is 0 Å². The first-order valence-electron chi connectivity index (χ1n) is 11.3. The Bertz CT molecular complexity index is 1260. The first-order chi connectivity index (χ1) is 16.5. The van der Waals surface area contributed by atoms with Crippen LogP contribution in [0.4, 0.5) is 0 Å². The largest absolute Gasteiger partial charge is 0.347 e. The number of hydrogen-bond donors (Lipinski definition) is 2. The van der Waals surface area contributed by atoms with Crippen molar-refractivity contribution in [3.05, 3.63) is 98.8 Å². The molecule has 0 bridgehead atoms. The van der Waals surface area contributed by atoms with E-state index in [1.54, 1.807) is 54.4 Å². The van der Waals surface area contributed by atoms with Gasteiger partial charge in [-0.3, -0.25) is 19.0 Å². The Balaban J connectivity index is 1.21. The van der Waals surface area contributed by atoms with E-state index >= 15 is 0 Å². The van der Waals surface area contributed by atoms with Crippen molar-refractivity contribution in [3.63, 3.8) is 0 Å². The molecule has 1 saturated carbocycles. The van der Waals surface area contributed by atoms with Crippen LogP contribution in [0.2, 0.25) is 0 Å². The fourth-order valence-electron chi connectivity index (χ4n) is 4.61. The van der Waals surface area contributed by atoms with Crippen LogP contribution in [0.25, 0.3) is 5.69 Å². The van der Waals surface area contributed by atoms with E-state index < -0.39 is 0 Å². The van der Waals surface area contributed by atoms with Crippen molar-refractivity contribution in [1.29, 1.82) is 0 Å². The minimum Gasteiger partial charge on any atom is -0.347 e. The third kappa shape index (κ3) is 4.76. The van der Waals surface area contributed by atoms with Crippen LogP contribution in [-0.2, 0) is 4.79 Å². The van der Waals surface area contributed by atoms with Gasteiger partial charge in [-0.05, 0) is 55.7 Å². The summed E-state index contributed by atoms with van der Waals surface area (Å²) in [6.07, 6.45) is 12.1. The molecule has 5 rings (SSSR count). The molecule has 1 fully saturated rings. The molecule has 0 spiro atoms. The van der Waals surface area contributed by atoms with E-state index in [9.17, 15) is 14.4 Å². The molecule has 8 heteroatoms. The fourth-order valence-corrected chi connectivity index (χ4v) is 6.00. The zero-order valence-corrected chi connectivity index (χ0v) is 19.9. The van der Waals surface area contributed by atoms with E-state index in [-0.39, 0.29) is 40.6 Å². The third-order valence-corrected chi connectivity index (χ3v) is 7.96. The number of halogens is 1. The number of pyridine rings is 1. The Morgan fingerprint density at radius 1 is 0.971 bits per heavy atom. The molecule has 1 aliphatic heterocycles. The number of rotatable bonds is 5. The van der Waals surface area contributed by atoms with Crippen molar-refractivity contribution in [2.75, 3.05) is 0 Å². The summed E-state index contributed by atoms with van der Waals surface area (Å²) in [5.74, 6) is -0.151. The molecule has 0 radical (unpaired) electrons. The minimum atomic E-state index is -0.191. The van der Waals surface area contributed by atoms with E-state index in [2.05, 4.69) is 10.6 Å². The molecule has 2 unspecified atom stereocenters. The van der Waals surface area contributed by atoms with E-state index in [0.717, 1.165) is 19.3 Å². The van der Waals surface area contributed by atoms with E-state index in [0.29, 0.717) is 21.2 Å². The molecule has 2 heterocycles. The molecule has 0 saturated heterocycles. The van der Waals surface area contributed by atoms with Gasteiger partial charge in [-0.15, -0.1) is 11.8 Å². The van der Waals surface area contributed by atoms with E-state index in [1.807, 2.05) is 24.3 Å². The zero-order chi connectivity index (χ0) is 23.7.